The lowest BCUT2D eigenvalue weighted by Gasteiger charge is -2.16. The molecule has 0 aliphatic rings. The van der Waals surface area contributed by atoms with Crippen LogP contribution < -0.4 is 5.32 Å². The van der Waals surface area contributed by atoms with Crippen molar-refractivity contribution < 1.29 is 13.2 Å². The predicted molar refractivity (Wildman–Crippen MR) is 71.6 cm³/mol. The van der Waals surface area contributed by atoms with E-state index in [1.54, 1.807) is 20.8 Å². The summed E-state index contributed by atoms with van der Waals surface area (Å²) in [6.07, 6.45) is 2.26. The van der Waals surface area contributed by atoms with E-state index in [9.17, 15) is 13.2 Å². The van der Waals surface area contributed by atoms with Crippen molar-refractivity contribution in [2.24, 2.45) is 5.41 Å². The Morgan fingerprint density at radius 3 is 2.60 bits per heavy atom. The molecule has 1 heterocycles. The minimum absolute atomic E-state index is 0.00540. The number of carbonyl (C=O) groups is 1. The fourth-order valence-electron chi connectivity index (χ4n) is 1.26. The molecule has 0 fully saturated rings. The van der Waals surface area contributed by atoms with Crippen LogP contribution in [0.15, 0.2) is 11.4 Å². The summed E-state index contributed by atoms with van der Waals surface area (Å²) in [5.74, 6) is -0.530. The van der Waals surface area contributed by atoms with Crippen LogP contribution in [0.5, 0.6) is 0 Å². The minimum atomic E-state index is -3.58. The van der Waals surface area contributed by atoms with Gasteiger partial charge in [-0.05, 0) is 26.3 Å². The van der Waals surface area contributed by atoms with E-state index in [2.05, 4.69) is 21.4 Å². The van der Waals surface area contributed by atoms with Crippen LogP contribution in [0, 0.1) is 23.7 Å². The number of carbonyl (C=O) groups excluding carboxylic acids is 1. The van der Waals surface area contributed by atoms with Crippen LogP contribution in [0.25, 0.3) is 0 Å². The van der Waals surface area contributed by atoms with E-state index in [1.165, 1.54) is 6.20 Å². The van der Waals surface area contributed by atoms with Crippen molar-refractivity contribution >= 4 is 15.7 Å². The van der Waals surface area contributed by atoms with Gasteiger partial charge in [-0.25, -0.2) is 18.4 Å². The molecule has 0 spiro atoms. The zero-order valence-corrected chi connectivity index (χ0v) is 12.6. The van der Waals surface area contributed by atoms with Gasteiger partial charge in [-0.1, -0.05) is 0 Å². The van der Waals surface area contributed by atoms with Crippen LogP contribution in [-0.4, -0.2) is 37.1 Å². The summed E-state index contributed by atoms with van der Waals surface area (Å²) in [4.78, 5) is 19.5. The topological polar surface area (TPSA) is 113 Å². The molecule has 0 aliphatic heterocycles. The number of nitrogens with zero attached hydrogens (tertiary/aromatic N) is 3. The molecular weight excluding hydrogens is 280 g/mol. The highest BCUT2D eigenvalue weighted by molar-refractivity contribution is 7.90. The Hall–Kier alpha value is -2.01. The fraction of sp³-hybridized carbons (Fsp3) is 0.500. The molecule has 0 aromatic carbocycles. The molecule has 20 heavy (non-hydrogen) atoms. The van der Waals surface area contributed by atoms with Crippen molar-refractivity contribution in [1.82, 2.24) is 15.3 Å². The first-order valence-corrected chi connectivity index (χ1v) is 7.69. The van der Waals surface area contributed by atoms with E-state index in [1.807, 2.05) is 0 Å². The number of rotatable bonds is 4. The fourth-order valence-corrected chi connectivity index (χ4v) is 1.76. The van der Waals surface area contributed by atoms with E-state index < -0.39 is 26.3 Å². The molecule has 0 atom stereocenters. The molecule has 1 aromatic rings. The molecule has 0 bridgehead atoms. The van der Waals surface area contributed by atoms with Gasteiger partial charge in [-0.15, -0.1) is 0 Å². The van der Waals surface area contributed by atoms with Gasteiger partial charge in [0.25, 0.3) is 5.91 Å². The van der Waals surface area contributed by atoms with Crippen molar-refractivity contribution in [3.63, 3.8) is 0 Å². The number of nitriles is 1. The summed E-state index contributed by atoms with van der Waals surface area (Å²) in [6.45, 7) is 5.11. The lowest BCUT2D eigenvalue weighted by molar-refractivity contribution is 0.0937. The van der Waals surface area contributed by atoms with E-state index in [0.29, 0.717) is 5.56 Å². The Morgan fingerprint density at radius 1 is 1.50 bits per heavy atom. The second-order valence-electron chi connectivity index (χ2n) is 5.13. The highest BCUT2D eigenvalue weighted by Crippen LogP contribution is 2.12. The molecule has 1 amide bonds. The molecule has 8 heteroatoms. The number of hydrogen-bond acceptors (Lipinski definition) is 6. The zero-order valence-electron chi connectivity index (χ0n) is 11.8. The maximum atomic E-state index is 12.0. The van der Waals surface area contributed by atoms with Crippen molar-refractivity contribution in [1.29, 1.82) is 5.26 Å². The number of aryl methyl sites for hydroxylation is 1. The zero-order chi connectivity index (χ0) is 15.6. The third-order valence-corrected chi connectivity index (χ3v) is 3.35. The first-order valence-electron chi connectivity index (χ1n) is 5.80. The van der Waals surface area contributed by atoms with E-state index in [-0.39, 0.29) is 12.2 Å². The first-order chi connectivity index (χ1) is 9.07. The van der Waals surface area contributed by atoms with Crippen molar-refractivity contribution in [2.75, 3.05) is 12.8 Å². The van der Waals surface area contributed by atoms with Gasteiger partial charge in [0.05, 0.1) is 11.5 Å². The predicted octanol–water partition coefficient (Wildman–Crippen LogP) is 0.468. The van der Waals surface area contributed by atoms with E-state index in [4.69, 9.17) is 5.26 Å². The van der Waals surface area contributed by atoms with Crippen LogP contribution >= 0.6 is 0 Å². The van der Waals surface area contributed by atoms with Crippen LogP contribution in [0.1, 0.15) is 29.9 Å². The number of aromatic nitrogens is 2. The Morgan fingerprint density at radius 2 is 2.10 bits per heavy atom. The van der Waals surface area contributed by atoms with Gasteiger partial charge >= 0.3 is 0 Å². The van der Waals surface area contributed by atoms with Gasteiger partial charge in [0.1, 0.15) is 5.69 Å². The minimum Gasteiger partial charge on any atom is -0.349 e. The average molecular weight is 296 g/mol. The molecule has 0 saturated heterocycles. The summed E-state index contributed by atoms with van der Waals surface area (Å²) in [5, 5.41) is 11.0. The molecule has 108 valence electrons. The van der Waals surface area contributed by atoms with Gasteiger partial charge in [0.15, 0.2) is 0 Å². The largest absolute Gasteiger partial charge is 0.349 e. The smallest absolute Gasteiger partial charge is 0.270 e. The average Bonchev–Trinajstić information content (AvgIpc) is 2.35. The first kappa shape index (κ1) is 16.0. The molecular formula is C12H16N4O3S. The summed E-state index contributed by atoms with van der Waals surface area (Å²) >= 11 is 0. The van der Waals surface area contributed by atoms with E-state index in [0.717, 1.165) is 6.26 Å². The maximum Gasteiger partial charge on any atom is 0.270 e. The summed E-state index contributed by atoms with van der Waals surface area (Å²) in [6, 6.07) is 2.06. The van der Waals surface area contributed by atoms with Crippen LogP contribution in [0.4, 0.5) is 0 Å². The number of sulfone groups is 1. The third-order valence-electron chi connectivity index (χ3n) is 2.49. The summed E-state index contributed by atoms with van der Waals surface area (Å²) in [7, 11) is -3.58. The van der Waals surface area contributed by atoms with Crippen molar-refractivity contribution in [2.45, 2.75) is 25.9 Å². The Kier molecular flexibility index (Phi) is 4.45. The standard InChI is InChI=1S/C12H16N4O3S/c1-8-5-14-11(20(4,18)19)16-9(8)10(17)15-7-12(2,3)6-13/h5H,7H2,1-4H3,(H,15,17). The van der Waals surface area contributed by atoms with Crippen molar-refractivity contribution in [3.8, 4) is 6.07 Å². The molecule has 0 unspecified atom stereocenters. The van der Waals surface area contributed by atoms with Gasteiger partial charge in [0, 0.05) is 19.0 Å². The molecule has 7 nitrogen and oxygen atoms in total. The second kappa shape index (κ2) is 5.54. The number of amides is 1. The Bertz CT molecular complexity index is 674. The Labute approximate surface area is 118 Å². The monoisotopic (exact) mass is 296 g/mol. The molecule has 1 N–H and O–H groups in total. The molecule has 1 rings (SSSR count). The second-order valence-corrected chi connectivity index (χ2v) is 7.04. The van der Waals surface area contributed by atoms with Crippen molar-refractivity contribution in [3.05, 3.63) is 17.5 Å². The molecule has 1 aromatic heterocycles. The number of hydrogen-bond donors (Lipinski definition) is 1. The molecule has 0 saturated carbocycles. The molecule has 0 aliphatic carbocycles. The summed E-state index contributed by atoms with van der Waals surface area (Å²) in [5.41, 5.74) is -0.255. The van der Waals surface area contributed by atoms with Gasteiger partial charge in [-0.3, -0.25) is 4.79 Å². The lowest BCUT2D eigenvalue weighted by Crippen LogP contribution is -2.34. The Balaban J connectivity index is 3.03. The van der Waals surface area contributed by atoms with Crippen LogP contribution in [0.2, 0.25) is 0 Å². The molecule has 0 radical (unpaired) electrons. The lowest BCUT2D eigenvalue weighted by atomic mass is 9.96. The van der Waals surface area contributed by atoms with Gasteiger partial charge in [0.2, 0.25) is 15.0 Å². The summed E-state index contributed by atoms with van der Waals surface area (Å²) < 4.78 is 22.8. The van der Waals surface area contributed by atoms with Gasteiger partial charge < -0.3 is 5.32 Å². The SMILES string of the molecule is Cc1cnc(S(C)(=O)=O)nc1C(=O)NCC(C)(C)C#N. The normalized spacial score (nSPS) is 11.8. The van der Waals surface area contributed by atoms with Gasteiger partial charge in [-0.2, -0.15) is 5.26 Å². The third kappa shape index (κ3) is 3.99. The van der Waals surface area contributed by atoms with Crippen LogP contribution in [-0.2, 0) is 9.84 Å². The quantitative estimate of drug-likeness (QED) is 0.808. The van der Waals surface area contributed by atoms with Crippen LogP contribution in [0.3, 0.4) is 0 Å². The highest BCUT2D eigenvalue weighted by Gasteiger charge is 2.21. The maximum absolute atomic E-state index is 12.0. The number of nitrogens with one attached hydrogen (secondary N) is 1. The van der Waals surface area contributed by atoms with E-state index >= 15 is 0 Å². The highest BCUT2D eigenvalue weighted by atomic mass is 32.2.